The molecule has 4 rings (SSSR count). The van der Waals surface area contributed by atoms with Crippen LogP contribution < -0.4 is 9.47 Å². The highest BCUT2D eigenvalue weighted by Crippen LogP contribution is 2.49. The summed E-state index contributed by atoms with van der Waals surface area (Å²) >= 11 is 0. The fourth-order valence-corrected chi connectivity index (χ4v) is 6.69. The van der Waals surface area contributed by atoms with Crippen LogP contribution in [0.25, 0.3) is 0 Å². The highest BCUT2D eigenvalue weighted by Gasteiger charge is 2.57. The lowest BCUT2D eigenvalue weighted by molar-refractivity contribution is -0.147. The number of rotatable bonds is 14. The van der Waals surface area contributed by atoms with E-state index in [0.29, 0.717) is 50.4 Å². The number of hydrogen-bond acceptors (Lipinski definition) is 6. The Kier molecular flexibility index (Phi) is 9.75. The lowest BCUT2D eigenvalue weighted by Gasteiger charge is -2.42. The van der Waals surface area contributed by atoms with Crippen LogP contribution in [0.2, 0.25) is 0 Å². The van der Waals surface area contributed by atoms with Gasteiger partial charge in [-0.25, -0.2) is 0 Å². The van der Waals surface area contributed by atoms with Crippen molar-refractivity contribution in [3.8, 4) is 11.5 Å². The molecule has 9 nitrogen and oxygen atoms in total. The number of fused-ring (bicyclic) bond motifs is 1. The number of aliphatic carboxylic acids is 1. The molecule has 0 aromatic heterocycles. The van der Waals surface area contributed by atoms with Gasteiger partial charge in [-0.15, -0.1) is 0 Å². The Morgan fingerprint density at radius 2 is 1.82 bits per heavy atom. The Morgan fingerprint density at radius 1 is 1.10 bits per heavy atom. The van der Waals surface area contributed by atoms with Crippen molar-refractivity contribution in [2.24, 2.45) is 5.92 Å². The highest BCUT2D eigenvalue weighted by atomic mass is 16.7. The van der Waals surface area contributed by atoms with E-state index >= 15 is 0 Å². The van der Waals surface area contributed by atoms with Crippen LogP contribution in [0.4, 0.5) is 0 Å². The molecule has 3 heterocycles. The van der Waals surface area contributed by atoms with Crippen LogP contribution >= 0.6 is 0 Å². The van der Waals surface area contributed by atoms with Gasteiger partial charge in [-0.2, -0.15) is 0 Å². The maximum Gasteiger partial charge on any atom is 0.309 e. The minimum Gasteiger partial charge on any atom is -0.481 e. The number of likely N-dealkylation sites (tertiary alicyclic amines) is 2. The smallest absolute Gasteiger partial charge is 0.309 e. The van der Waals surface area contributed by atoms with Gasteiger partial charge in [-0.05, 0) is 49.8 Å². The van der Waals surface area contributed by atoms with Gasteiger partial charge in [0, 0.05) is 50.6 Å². The Bertz CT molecular complexity index is 1020. The molecule has 39 heavy (non-hydrogen) atoms. The summed E-state index contributed by atoms with van der Waals surface area (Å²) in [5.74, 6) is -0.439. The normalized spacial score (nSPS) is 24.5. The summed E-state index contributed by atoms with van der Waals surface area (Å²) < 4.78 is 11.1. The van der Waals surface area contributed by atoms with Gasteiger partial charge in [0.1, 0.15) is 0 Å². The van der Waals surface area contributed by atoms with E-state index < -0.39 is 17.4 Å². The van der Waals surface area contributed by atoms with E-state index in [1.54, 1.807) is 0 Å². The van der Waals surface area contributed by atoms with E-state index in [9.17, 15) is 19.5 Å². The molecule has 0 spiro atoms. The van der Waals surface area contributed by atoms with Gasteiger partial charge in [0.25, 0.3) is 0 Å². The van der Waals surface area contributed by atoms with E-state index in [1.807, 2.05) is 34.9 Å². The van der Waals surface area contributed by atoms with Crippen molar-refractivity contribution in [1.82, 2.24) is 14.7 Å². The second-order valence-corrected chi connectivity index (χ2v) is 11.2. The van der Waals surface area contributed by atoms with Gasteiger partial charge in [0.2, 0.25) is 18.6 Å². The SMILES string of the molecule is CCCCN(CCCC)C(=O)CN1C[C@H](c2ccc3c(c2)OCO3)[C@@H](C(=O)O)[C@]1(CC)CCN1CCCC1=O. The minimum atomic E-state index is -0.865. The number of carbonyl (C=O) groups excluding carboxylic acids is 2. The van der Waals surface area contributed by atoms with E-state index in [-0.39, 0.29) is 31.1 Å². The molecule has 0 unspecified atom stereocenters. The largest absolute Gasteiger partial charge is 0.481 e. The van der Waals surface area contributed by atoms with Gasteiger partial charge in [0.15, 0.2) is 11.5 Å². The first-order chi connectivity index (χ1) is 18.8. The van der Waals surface area contributed by atoms with Crippen molar-refractivity contribution >= 4 is 17.8 Å². The topological polar surface area (TPSA) is 99.6 Å². The van der Waals surface area contributed by atoms with Crippen LogP contribution in [0, 0.1) is 5.92 Å². The number of unbranched alkanes of at least 4 members (excludes halogenated alkanes) is 2. The van der Waals surface area contributed by atoms with Gasteiger partial charge in [0.05, 0.1) is 12.5 Å². The van der Waals surface area contributed by atoms with Crippen molar-refractivity contribution in [1.29, 1.82) is 0 Å². The van der Waals surface area contributed by atoms with Crippen molar-refractivity contribution in [3.63, 3.8) is 0 Å². The Morgan fingerprint density at radius 3 is 2.44 bits per heavy atom. The monoisotopic (exact) mass is 543 g/mol. The molecule has 0 bridgehead atoms. The van der Waals surface area contributed by atoms with Crippen molar-refractivity contribution in [2.45, 2.75) is 83.6 Å². The summed E-state index contributed by atoms with van der Waals surface area (Å²) in [6, 6.07) is 5.67. The third-order valence-electron chi connectivity index (χ3n) is 8.96. The zero-order valence-corrected chi connectivity index (χ0v) is 23.8. The summed E-state index contributed by atoms with van der Waals surface area (Å²) in [5, 5.41) is 10.7. The molecule has 216 valence electrons. The fourth-order valence-electron chi connectivity index (χ4n) is 6.69. The van der Waals surface area contributed by atoms with Crippen LogP contribution in [0.3, 0.4) is 0 Å². The number of hydrogen-bond donors (Lipinski definition) is 1. The van der Waals surface area contributed by atoms with Crippen LogP contribution in [0.5, 0.6) is 11.5 Å². The Labute approximate surface area is 232 Å². The molecular formula is C30H45N3O6. The first-order valence-electron chi connectivity index (χ1n) is 14.8. The van der Waals surface area contributed by atoms with E-state index in [4.69, 9.17) is 9.47 Å². The maximum atomic E-state index is 13.7. The number of nitrogens with zero attached hydrogens (tertiary/aromatic N) is 3. The quantitative estimate of drug-likeness (QED) is 0.377. The molecule has 0 aliphatic carbocycles. The van der Waals surface area contributed by atoms with Crippen LogP contribution in [0.1, 0.15) is 83.6 Å². The van der Waals surface area contributed by atoms with Crippen molar-refractivity contribution in [3.05, 3.63) is 23.8 Å². The average Bonchev–Trinajstić information content (AvgIpc) is 3.64. The molecule has 1 aromatic carbocycles. The molecule has 2 amide bonds. The summed E-state index contributed by atoms with van der Waals surface area (Å²) in [5.41, 5.74) is 0.123. The predicted molar refractivity (Wildman–Crippen MR) is 148 cm³/mol. The predicted octanol–water partition coefficient (Wildman–Crippen LogP) is 4.11. The lowest BCUT2D eigenvalue weighted by Crippen LogP contribution is -2.54. The molecule has 3 aliphatic rings. The molecule has 3 aliphatic heterocycles. The second-order valence-electron chi connectivity index (χ2n) is 11.2. The molecule has 9 heteroatoms. The van der Waals surface area contributed by atoms with Crippen molar-refractivity contribution < 1.29 is 29.0 Å². The molecule has 0 radical (unpaired) electrons. The number of ether oxygens (including phenoxy) is 2. The first-order valence-corrected chi connectivity index (χ1v) is 14.8. The summed E-state index contributed by atoms with van der Waals surface area (Å²) in [7, 11) is 0. The van der Waals surface area contributed by atoms with Crippen LogP contribution in [-0.4, -0.2) is 89.2 Å². The van der Waals surface area contributed by atoms with Gasteiger partial charge in [-0.3, -0.25) is 19.3 Å². The lowest BCUT2D eigenvalue weighted by atomic mass is 9.73. The molecule has 1 aromatic rings. The van der Waals surface area contributed by atoms with Crippen molar-refractivity contribution in [2.75, 3.05) is 46.1 Å². The summed E-state index contributed by atoms with van der Waals surface area (Å²) in [4.78, 5) is 45.2. The summed E-state index contributed by atoms with van der Waals surface area (Å²) in [6.45, 7) is 9.72. The Hall–Kier alpha value is -2.81. The zero-order chi connectivity index (χ0) is 28.0. The number of carboxylic acids is 1. The molecule has 0 saturated carbocycles. The van der Waals surface area contributed by atoms with Crippen LogP contribution in [0.15, 0.2) is 18.2 Å². The second kappa shape index (κ2) is 13.0. The number of carboxylic acid groups (broad SMARTS) is 1. The van der Waals surface area contributed by atoms with Crippen LogP contribution in [-0.2, 0) is 14.4 Å². The van der Waals surface area contributed by atoms with Gasteiger partial charge >= 0.3 is 5.97 Å². The van der Waals surface area contributed by atoms with Gasteiger partial charge in [-0.1, -0.05) is 39.7 Å². The molecule has 3 atom stereocenters. The van der Waals surface area contributed by atoms with E-state index in [0.717, 1.165) is 50.8 Å². The number of amides is 2. The average molecular weight is 544 g/mol. The first kappa shape index (κ1) is 29.2. The number of benzene rings is 1. The number of carbonyl (C=O) groups is 3. The molecule has 2 fully saturated rings. The molecular weight excluding hydrogens is 498 g/mol. The molecule has 2 saturated heterocycles. The highest BCUT2D eigenvalue weighted by molar-refractivity contribution is 5.80. The molecule has 1 N–H and O–H groups in total. The van der Waals surface area contributed by atoms with E-state index in [1.165, 1.54) is 0 Å². The third kappa shape index (κ3) is 6.18. The van der Waals surface area contributed by atoms with Gasteiger partial charge < -0.3 is 24.4 Å². The standard InChI is InChI=1S/C30H45N3O6/c1-4-7-14-31(15-8-5-2)27(35)20-33-19-23(22-11-12-24-25(18-22)39-21-38-24)28(29(36)37)30(33,6-3)13-17-32-16-9-10-26(32)34/h11-12,18,23,28H,4-10,13-17,19-21H2,1-3H3,(H,36,37)/t23-,28+,30+/m1/s1. The third-order valence-corrected chi connectivity index (χ3v) is 8.96. The zero-order valence-electron chi connectivity index (χ0n) is 23.8. The van der Waals surface area contributed by atoms with E-state index in [2.05, 4.69) is 18.7 Å². The Balaban J connectivity index is 1.67. The maximum absolute atomic E-state index is 13.7. The minimum absolute atomic E-state index is 0.0578. The fraction of sp³-hybridized carbons (Fsp3) is 0.700. The summed E-state index contributed by atoms with van der Waals surface area (Å²) in [6.07, 6.45) is 6.39.